The molecule has 1 saturated carbocycles. The Bertz CT molecular complexity index is 794. The third-order valence-electron chi connectivity index (χ3n) is 5.65. The van der Waals surface area contributed by atoms with Crippen molar-refractivity contribution in [3.8, 4) is 5.75 Å². The number of methoxy groups -OCH3 is 1. The first-order valence-corrected chi connectivity index (χ1v) is 9.63. The quantitative estimate of drug-likeness (QED) is 0.895. The molecule has 1 amide bonds. The summed E-state index contributed by atoms with van der Waals surface area (Å²) in [4.78, 5) is 12.7. The number of hydrogen-bond donors (Lipinski definition) is 1. The number of rotatable bonds is 4. The Morgan fingerprint density at radius 1 is 1.22 bits per heavy atom. The molecule has 144 valence electrons. The molecular weight excluding hydrogens is 344 g/mol. The first kappa shape index (κ1) is 18.0. The van der Waals surface area contributed by atoms with Crippen molar-refractivity contribution in [1.82, 2.24) is 20.3 Å². The van der Waals surface area contributed by atoms with E-state index < -0.39 is 0 Å². The maximum atomic E-state index is 12.7. The van der Waals surface area contributed by atoms with Crippen LogP contribution in [0.3, 0.4) is 0 Å². The number of amides is 1. The molecule has 0 bridgehead atoms. The van der Waals surface area contributed by atoms with Crippen LogP contribution in [0.2, 0.25) is 0 Å². The Labute approximate surface area is 159 Å². The molecule has 2 aromatic rings. The zero-order valence-electron chi connectivity index (χ0n) is 15.9. The second-order valence-electron chi connectivity index (χ2n) is 7.57. The molecule has 0 spiro atoms. The molecule has 1 unspecified atom stereocenters. The molecule has 1 aliphatic heterocycles. The van der Waals surface area contributed by atoms with Gasteiger partial charge in [0.2, 0.25) is 0 Å². The van der Waals surface area contributed by atoms with E-state index in [-0.39, 0.29) is 18.1 Å². The van der Waals surface area contributed by atoms with Crippen molar-refractivity contribution in [1.29, 1.82) is 0 Å². The van der Waals surface area contributed by atoms with Gasteiger partial charge >= 0.3 is 0 Å². The van der Waals surface area contributed by atoms with Crippen molar-refractivity contribution in [3.63, 3.8) is 0 Å². The van der Waals surface area contributed by atoms with E-state index >= 15 is 0 Å². The van der Waals surface area contributed by atoms with E-state index in [4.69, 9.17) is 9.47 Å². The maximum Gasteiger partial charge on any atom is 0.274 e. The van der Waals surface area contributed by atoms with Crippen LogP contribution >= 0.6 is 0 Å². The Morgan fingerprint density at radius 2 is 1.96 bits per heavy atom. The molecule has 4 rings (SSSR count). The monoisotopic (exact) mass is 370 g/mol. The highest BCUT2D eigenvalue weighted by atomic mass is 16.5. The average Bonchev–Trinajstić information content (AvgIpc) is 3.13. The van der Waals surface area contributed by atoms with Crippen LogP contribution in [-0.2, 0) is 17.9 Å². The van der Waals surface area contributed by atoms with Gasteiger partial charge in [0, 0.05) is 6.04 Å². The molecule has 1 aromatic carbocycles. The third-order valence-corrected chi connectivity index (χ3v) is 5.65. The summed E-state index contributed by atoms with van der Waals surface area (Å²) in [5.41, 5.74) is 2.20. The number of fused-ring (bicyclic) bond motifs is 1. The average molecular weight is 370 g/mol. The molecular formula is C20H26N4O3. The summed E-state index contributed by atoms with van der Waals surface area (Å²) < 4.78 is 13.0. The largest absolute Gasteiger partial charge is 0.497 e. The van der Waals surface area contributed by atoms with Crippen LogP contribution in [0, 0.1) is 5.92 Å². The number of carbonyl (C=O) groups is 1. The van der Waals surface area contributed by atoms with Crippen molar-refractivity contribution in [2.45, 2.75) is 57.9 Å². The van der Waals surface area contributed by atoms with Gasteiger partial charge in [-0.05, 0) is 49.3 Å². The van der Waals surface area contributed by atoms with E-state index in [1.807, 2.05) is 24.3 Å². The third kappa shape index (κ3) is 3.83. The van der Waals surface area contributed by atoms with Gasteiger partial charge in [-0.1, -0.05) is 24.3 Å². The molecule has 0 saturated heterocycles. The van der Waals surface area contributed by atoms with E-state index in [0.717, 1.165) is 48.6 Å². The van der Waals surface area contributed by atoms with Crippen molar-refractivity contribution < 1.29 is 14.3 Å². The number of hydrogen-bond acceptors (Lipinski definition) is 5. The van der Waals surface area contributed by atoms with Gasteiger partial charge in [0.15, 0.2) is 5.69 Å². The van der Waals surface area contributed by atoms with Gasteiger partial charge in [-0.25, -0.2) is 4.68 Å². The summed E-state index contributed by atoms with van der Waals surface area (Å²) >= 11 is 0. The minimum absolute atomic E-state index is 0.110. The summed E-state index contributed by atoms with van der Waals surface area (Å²) in [6.45, 7) is 3.14. The SMILES string of the molecule is COc1ccc(C2Cn3nnc(C(=O)NC4CCC(C)CC4)c3CO2)cc1. The predicted molar refractivity (Wildman–Crippen MR) is 99.4 cm³/mol. The zero-order chi connectivity index (χ0) is 18.8. The van der Waals surface area contributed by atoms with Gasteiger partial charge in [0.05, 0.1) is 26.0 Å². The number of carbonyl (C=O) groups excluding carboxylic acids is 1. The van der Waals surface area contributed by atoms with Crippen molar-refractivity contribution in [3.05, 3.63) is 41.2 Å². The standard InChI is InChI=1S/C20H26N4O3/c1-13-3-7-15(8-4-13)21-20(25)19-17-12-27-18(11-24(17)23-22-19)14-5-9-16(26-2)10-6-14/h5-6,9-10,13,15,18H,3-4,7-8,11-12H2,1-2H3,(H,21,25). The smallest absolute Gasteiger partial charge is 0.274 e. The first-order valence-electron chi connectivity index (χ1n) is 9.63. The highest BCUT2D eigenvalue weighted by Gasteiger charge is 2.29. The van der Waals surface area contributed by atoms with Crippen LogP contribution in [0.5, 0.6) is 5.75 Å². The van der Waals surface area contributed by atoms with Crippen molar-refractivity contribution in [2.24, 2.45) is 5.92 Å². The van der Waals surface area contributed by atoms with Gasteiger partial charge in [-0.2, -0.15) is 0 Å². The van der Waals surface area contributed by atoms with Crippen LogP contribution in [0.1, 0.15) is 60.5 Å². The zero-order valence-corrected chi connectivity index (χ0v) is 15.9. The number of ether oxygens (including phenoxy) is 2. The van der Waals surface area contributed by atoms with Gasteiger partial charge < -0.3 is 14.8 Å². The first-order chi connectivity index (χ1) is 13.1. The number of aromatic nitrogens is 3. The number of benzene rings is 1. The van der Waals surface area contributed by atoms with E-state index in [1.54, 1.807) is 11.8 Å². The number of nitrogens with one attached hydrogen (secondary N) is 1. The van der Waals surface area contributed by atoms with Gasteiger partial charge in [-0.15, -0.1) is 5.10 Å². The van der Waals surface area contributed by atoms with Crippen LogP contribution in [-0.4, -0.2) is 34.1 Å². The normalized spacial score (nSPS) is 24.9. The minimum Gasteiger partial charge on any atom is -0.497 e. The molecule has 1 aliphatic carbocycles. The van der Waals surface area contributed by atoms with Crippen LogP contribution < -0.4 is 10.1 Å². The molecule has 7 heteroatoms. The summed E-state index contributed by atoms with van der Waals surface area (Å²) in [7, 11) is 1.65. The van der Waals surface area contributed by atoms with E-state index in [0.29, 0.717) is 18.8 Å². The second-order valence-corrected chi connectivity index (χ2v) is 7.57. The molecule has 27 heavy (non-hydrogen) atoms. The Balaban J connectivity index is 1.42. The fourth-order valence-corrected chi connectivity index (χ4v) is 3.87. The minimum atomic E-state index is -0.137. The lowest BCUT2D eigenvalue weighted by Gasteiger charge is -2.27. The lowest BCUT2D eigenvalue weighted by molar-refractivity contribution is -0.00180. The lowest BCUT2D eigenvalue weighted by Crippen LogP contribution is -2.38. The van der Waals surface area contributed by atoms with Gasteiger partial charge in [0.25, 0.3) is 5.91 Å². The van der Waals surface area contributed by atoms with E-state index in [2.05, 4.69) is 22.6 Å². The van der Waals surface area contributed by atoms with Crippen LogP contribution in [0.4, 0.5) is 0 Å². The summed E-state index contributed by atoms with van der Waals surface area (Å²) in [5, 5.41) is 11.5. The summed E-state index contributed by atoms with van der Waals surface area (Å²) in [6.07, 6.45) is 4.29. The molecule has 2 heterocycles. The topological polar surface area (TPSA) is 78.3 Å². The molecule has 1 N–H and O–H groups in total. The molecule has 1 fully saturated rings. The van der Waals surface area contributed by atoms with Gasteiger partial charge in [0.1, 0.15) is 11.9 Å². The highest BCUT2D eigenvalue weighted by molar-refractivity contribution is 5.93. The summed E-state index contributed by atoms with van der Waals surface area (Å²) in [6, 6.07) is 8.05. The fraction of sp³-hybridized carbons (Fsp3) is 0.550. The van der Waals surface area contributed by atoms with E-state index in [1.165, 1.54) is 0 Å². The Morgan fingerprint density at radius 3 is 2.67 bits per heavy atom. The molecule has 1 aromatic heterocycles. The number of nitrogens with zero attached hydrogens (tertiary/aromatic N) is 3. The molecule has 7 nitrogen and oxygen atoms in total. The molecule has 1 atom stereocenters. The lowest BCUT2D eigenvalue weighted by atomic mass is 9.87. The maximum absolute atomic E-state index is 12.7. The van der Waals surface area contributed by atoms with Gasteiger partial charge in [-0.3, -0.25) is 4.79 Å². The Hall–Kier alpha value is -2.41. The molecule has 2 aliphatic rings. The van der Waals surface area contributed by atoms with Crippen LogP contribution in [0.25, 0.3) is 0 Å². The van der Waals surface area contributed by atoms with E-state index in [9.17, 15) is 4.79 Å². The summed E-state index contributed by atoms with van der Waals surface area (Å²) in [5.74, 6) is 1.43. The Kier molecular flexibility index (Phi) is 5.11. The van der Waals surface area contributed by atoms with Crippen molar-refractivity contribution in [2.75, 3.05) is 7.11 Å². The predicted octanol–water partition coefficient (Wildman–Crippen LogP) is 2.87. The second kappa shape index (κ2) is 7.68. The van der Waals surface area contributed by atoms with Crippen LogP contribution in [0.15, 0.2) is 24.3 Å². The highest BCUT2D eigenvalue weighted by Crippen LogP contribution is 2.28. The fourth-order valence-electron chi connectivity index (χ4n) is 3.87. The van der Waals surface area contributed by atoms with Crippen molar-refractivity contribution >= 4 is 5.91 Å². The molecule has 0 radical (unpaired) electrons.